The fourth-order valence-electron chi connectivity index (χ4n) is 1.23. The zero-order valence-electron chi connectivity index (χ0n) is 11.3. The van der Waals surface area contributed by atoms with Crippen LogP contribution >= 0.6 is 24.0 Å². The normalized spacial score (nSPS) is 12.6. The Labute approximate surface area is 127 Å². The first-order chi connectivity index (χ1) is 7.70. The molecule has 108 valence electrons. The molecule has 0 heterocycles. The summed E-state index contributed by atoms with van der Waals surface area (Å²) in [6.07, 6.45) is 2.85. The van der Waals surface area contributed by atoms with E-state index in [0.29, 0.717) is 19.0 Å². The summed E-state index contributed by atoms with van der Waals surface area (Å²) in [5.74, 6) is 0.605. The lowest BCUT2D eigenvalue weighted by Crippen LogP contribution is -2.53. The van der Waals surface area contributed by atoms with Gasteiger partial charge in [-0.1, -0.05) is 6.08 Å². The predicted octanol–water partition coefficient (Wildman–Crippen LogP) is 0.283. The summed E-state index contributed by atoms with van der Waals surface area (Å²) in [6, 6.07) is 0. The quantitative estimate of drug-likeness (QED) is 0.264. The summed E-state index contributed by atoms with van der Waals surface area (Å²) < 4.78 is 24.8. The van der Waals surface area contributed by atoms with E-state index in [1.54, 1.807) is 27.0 Å². The van der Waals surface area contributed by atoms with Crippen LogP contribution in [0.15, 0.2) is 17.6 Å². The molecule has 0 spiro atoms. The van der Waals surface area contributed by atoms with Crippen LogP contribution in [0.4, 0.5) is 0 Å². The van der Waals surface area contributed by atoms with Gasteiger partial charge in [0, 0.05) is 25.7 Å². The highest BCUT2D eigenvalue weighted by Gasteiger charge is 2.22. The summed E-state index contributed by atoms with van der Waals surface area (Å²) in [5.41, 5.74) is -0.584. The average Bonchev–Trinajstić information content (AvgIpc) is 2.14. The molecule has 0 radical (unpaired) electrons. The van der Waals surface area contributed by atoms with Gasteiger partial charge in [0.05, 0.1) is 6.26 Å². The second-order valence-corrected chi connectivity index (χ2v) is 6.10. The van der Waals surface area contributed by atoms with Gasteiger partial charge in [-0.25, -0.2) is 13.1 Å². The van der Waals surface area contributed by atoms with E-state index in [1.165, 1.54) is 0 Å². The van der Waals surface area contributed by atoms with Crippen molar-refractivity contribution in [3.63, 3.8) is 0 Å². The van der Waals surface area contributed by atoms with Gasteiger partial charge in [0.15, 0.2) is 5.96 Å². The average molecular weight is 390 g/mol. The van der Waals surface area contributed by atoms with Crippen molar-refractivity contribution in [2.75, 3.05) is 26.4 Å². The van der Waals surface area contributed by atoms with E-state index in [0.717, 1.165) is 6.26 Å². The van der Waals surface area contributed by atoms with Gasteiger partial charge in [0.2, 0.25) is 10.0 Å². The molecular weight excluding hydrogens is 367 g/mol. The lowest BCUT2D eigenvalue weighted by Gasteiger charge is -2.26. The topological polar surface area (TPSA) is 82.6 Å². The minimum atomic E-state index is -3.22. The van der Waals surface area contributed by atoms with Crippen molar-refractivity contribution >= 4 is 40.0 Å². The Bertz CT molecular complexity index is 379. The molecule has 0 atom stereocenters. The largest absolute Gasteiger partial charge is 0.355 e. The third-order valence-electron chi connectivity index (χ3n) is 1.80. The molecule has 18 heavy (non-hydrogen) atoms. The molecule has 0 unspecified atom stereocenters. The van der Waals surface area contributed by atoms with Gasteiger partial charge in [-0.3, -0.25) is 4.99 Å². The van der Waals surface area contributed by atoms with Crippen LogP contribution in [0.25, 0.3) is 0 Å². The van der Waals surface area contributed by atoms with Crippen molar-refractivity contribution in [3.8, 4) is 0 Å². The molecule has 0 saturated heterocycles. The molecule has 0 fully saturated rings. The molecule has 0 aliphatic heterocycles. The highest BCUT2D eigenvalue weighted by atomic mass is 127. The summed E-state index contributed by atoms with van der Waals surface area (Å²) in [7, 11) is -1.57. The first kappa shape index (κ1) is 20.0. The number of nitrogens with zero attached hydrogens (tertiary/aromatic N) is 1. The SMILES string of the molecule is C=CCNC(=NC)NCC(C)(C)NS(C)(=O)=O.I. The minimum absolute atomic E-state index is 0. The first-order valence-electron chi connectivity index (χ1n) is 5.24. The number of rotatable bonds is 6. The van der Waals surface area contributed by atoms with Crippen LogP contribution in [0.2, 0.25) is 0 Å². The van der Waals surface area contributed by atoms with Crippen molar-refractivity contribution < 1.29 is 8.42 Å². The van der Waals surface area contributed by atoms with E-state index in [4.69, 9.17) is 0 Å². The van der Waals surface area contributed by atoms with Crippen LogP contribution in [0.3, 0.4) is 0 Å². The molecule has 0 aromatic heterocycles. The zero-order valence-corrected chi connectivity index (χ0v) is 14.4. The summed E-state index contributed by atoms with van der Waals surface area (Å²) in [4.78, 5) is 3.99. The highest BCUT2D eigenvalue weighted by molar-refractivity contribution is 14.0. The maximum absolute atomic E-state index is 11.1. The van der Waals surface area contributed by atoms with Crippen LogP contribution in [0.1, 0.15) is 13.8 Å². The third kappa shape index (κ3) is 10.8. The molecule has 0 aliphatic carbocycles. The van der Waals surface area contributed by atoms with Gasteiger partial charge in [-0.15, -0.1) is 30.6 Å². The molecule has 3 N–H and O–H groups in total. The lowest BCUT2D eigenvalue weighted by atomic mass is 10.1. The van der Waals surface area contributed by atoms with Crippen molar-refractivity contribution in [2.24, 2.45) is 4.99 Å². The van der Waals surface area contributed by atoms with E-state index >= 15 is 0 Å². The molecule has 0 aliphatic rings. The number of aliphatic imine (C=N–C) groups is 1. The Morgan fingerprint density at radius 3 is 2.33 bits per heavy atom. The minimum Gasteiger partial charge on any atom is -0.355 e. The Balaban J connectivity index is 0. The maximum Gasteiger partial charge on any atom is 0.209 e. The fourth-order valence-corrected chi connectivity index (χ4v) is 2.31. The van der Waals surface area contributed by atoms with Crippen molar-refractivity contribution in [1.29, 1.82) is 0 Å². The lowest BCUT2D eigenvalue weighted by molar-refractivity contribution is 0.447. The summed E-state index contributed by atoms with van der Waals surface area (Å²) in [5, 5.41) is 6.03. The Hall–Kier alpha value is -0.350. The Morgan fingerprint density at radius 2 is 1.94 bits per heavy atom. The van der Waals surface area contributed by atoms with Crippen molar-refractivity contribution in [3.05, 3.63) is 12.7 Å². The van der Waals surface area contributed by atoms with E-state index < -0.39 is 15.6 Å². The van der Waals surface area contributed by atoms with Crippen LogP contribution in [0, 0.1) is 0 Å². The van der Waals surface area contributed by atoms with E-state index in [1.807, 2.05) is 0 Å². The first-order valence-corrected chi connectivity index (χ1v) is 7.14. The number of hydrogen-bond acceptors (Lipinski definition) is 3. The van der Waals surface area contributed by atoms with E-state index in [-0.39, 0.29) is 24.0 Å². The second kappa shape index (κ2) is 8.70. The number of hydrogen-bond donors (Lipinski definition) is 3. The Kier molecular flexibility index (Phi) is 9.66. The standard InChI is InChI=1S/C10H22N4O2S.HI/c1-6-7-12-9(11-4)13-8-10(2,3)14-17(5,15)16;/h6,14H,1,7-8H2,2-5H3,(H2,11,12,13);1H. The molecule has 8 heteroatoms. The molecule has 0 aromatic carbocycles. The van der Waals surface area contributed by atoms with E-state index in [2.05, 4.69) is 26.9 Å². The van der Waals surface area contributed by atoms with Gasteiger partial charge in [-0.05, 0) is 13.8 Å². The smallest absolute Gasteiger partial charge is 0.209 e. The fraction of sp³-hybridized carbons (Fsp3) is 0.700. The summed E-state index contributed by atoms with van der Waals surface area (Å²) >= 11 is 0. The second-order valence-electron chi connectivity index (χ2n) is 4.35. The Morgan fingerprint density at radius 1 is 1.39 bits per heavy atom. The van der Waals surface area contributed by atoms with Crippen LogP contribution in [-0.4, -0.2) is 46.3 Å². The number of sulfonamides is 1. The third-order valence-corrected chi connectivity index (χ3v) is 2.72. The number of nitrogens with one attached hydrogen (secondary N) is 3. The molecule has 0 amide bonds. The van der Waals surface area contributed by atoms with Gasteiger partial charge in [0.1, 0.15) is 0 Å². The molecule has 0 saturated carbocycles. The van der Waals surface area contributed by atoms with Gasteiger partial charge in [0.25, 0.3) is 0 Å². The van der Waals surface area contributed by atoms with Crippen LogP contribution in [0.5, 0.6) is 0 Å². The van der Waals surface area contributed by atoms with Crippen molar-refractivity contribution in [2.45, 2.75) is 19.4 Å². The summed E-state index contributed by atoms with van der Waals surface area (Å²) in [6.45, 7) is 8.20. The molecule has 0 rings (SSSR count). The monoisotopic (exact) mass is 390 g/mol. The highest BCUT2D eigenvalue weighted by Crippen LogP contribution is 2.01. The van der Waals surface area contributed by atoms with Gasteiger partial charge < -0.3 is 10.6 Å². The molecule has 0 aromatic rings. The zero-order chi connectivity index (χ0) is 13.5. The van der Waals surface area contributed by atoms with Crippen molar-refractivity contribution in [1.82, 2.24) is 15.4 Å². The van der Waals surface area contributed by atoms with Crippen LogP contribution < -0.4 is 15.4 Å². The van der Waals surface area contributed by atoms with E-state index in [9.17, 15) is 8.42 Å². The van der Waals surface area contributed by atoms with Gasteiger partial charge >= 0.3 is 0 Å². The maximum atomic E-state index is 11.1. The molecular formula is C10H23IN4O2S. The number of guanidine groups is 1. The van der Waals surface area contributed by atoms with Crippen LogP contribution in [-0.2, 0) is 10.0 Å². The predicted molar refractivity (Wildman–Crippen MR) is 87.0 cm³/mol. The molecule has 6 nitrogen and oxygen atoms in total. The number of halogens is 1. The molecule has 0 bridgehead atoms. The van der Waals surface area contributed by atoms with Gasteiger partial charge in [-0.2, -0.15) is 0 Å².